The first-order chi connectivity index (χ1) is 10.9. The second-order valence-corrected chi connectivity index (χ2v) is 5.42. The van der Waals surface area contributed by atoms with Gasteiger partial charge in [0.25, 0.3) is 0 Å². The summed E-state index contributed by atoms with van der Waals surface area (Å²) >= 11 is 0. The molecule has 1 aliphatic heterocycles. The summed E-state index contributed by atoms with van der Waals surface area (Å²) in [7, 11) is 0. The molecular weight excluding hydrogens is 276 g/mol. The minimum Gasteiger partial charge on any atom is -0.379 e. The molecule has 0 unspecified atom stereocenters. The molecule has 0 atom stereocenters. The van der Waals surface area contributed by atoms with E-state index < -0.39 is 0 Å². The first-order valence-electron chi connectivity index (χ1n) is 8.24. The summed E-state index contributed by atoms with van der Waals surface area (Å²) in [5.74, 6) is 0.897. The van der Waals surface area contributed by atoms with Gasteiger partial charge in [-0.15, -0.1) is 0 Å². The van der Waals surface area contributed by atoms with Gasteiger partial charge in [-0.3, -0.25) is 4.90 Å². The maximum atomic E-state index is 5.36. The average molecular weight is 304 g/mol. The van der Waals surface area contributed by atoms with E-state index in [0.29, 0.717) is 6.54 Å². The van der Waals surface area contributed by atoms with Crippen LogP contribution in [-0.4, -0.2) is 56.8 Å². The molecule has 2 rings (SSSR count). The van der Waals surface area contributed by atoms with Crippen molar-refractivity contribution in [2.75, 3.05) is 45.9 Å². The van der Waals surface area contributed by atoms with Gasteiger partial charge in [-0.2, -0.15) is 0 Å². The molecule has 5 heteroatoms. The van der Waals surface area contributed by atoms with Crippen LogP contribution in [0.15, 0.2) is 35.3 Å². The SMILES string of the molecule is CCNC(=NCc1ccccc1)NCCCN1CCOCC1. The van der Waals surface area contributed by atoms with Crippen molar-refractivity contribution in [1.29, 1.82) is 0 Å². The second-order valence-electron chi connectivity index (χ2n) is 5.42. The Morgan fingerprint density at radius 2 is 1.95 bits per heavy atom. The van der Waals surface area contributed by atoms with Gasteiger partial charge in [-0.05, 0) is 25.5 Å². The molecule has 0 amide bonds. The summed E-state index contributed by atoms with van der Waals surface area (Å²) in [6.07, 6.45) is 1.12. The highest BCUT2D eigenvalue weighted by atomic mass is 16.5. The van der Waals surface area contributed by atoms with Gasteiger partial charge >= 0.3 is 0 Å². The molecule has 1 fully saturated rings. The largest absolute Gasteiger partial charge is 0.379 e. The number of rotatable bonds is 7. The summed E-state index contributed by atoms with van der Waals surface area (Å²) in [6, 6.07) is 10.3. The van der Waals surface area contributed by atoms with Crippen LogP contribution in [0, 0.1) is 0 Å². The highest BCUT2D eigenvalue weighted by Crippen LogP contribution is 2.00. The smallest absolute Gasteiger partial charge is 0.191 e. The first-order valence-corrected chi connectivity index (χ1v) is 8.24. The lowest BCUT2D eigenvalue weighted by Crippen LogP contribution is -2.40. The molecule has 1 heterocycles. The van der Waals surface area contributed by atoms with Crippen LogP contribution in [0.25, 0.3) is 0 Å². The van der Waals surface area contributed by atoms with Gasteiger partial charge < -0.3 is 15.4 Å². The monoisotopic (exact) mass is 304 g/mol. The fraction of sp³-hybridized carbons (Fsp3) is 0.588. The second kappa shape index (κ2) is 10.2. The van der Waals surface area contributed by atoms with Gasteiger partial charge in [0.05, 0.1) is 19.8 Å². The van der Waals surface area contributed by atoms with E-state index in [-0.39, 0.29) is 0 Å². The molecular formula is C17H28N4O. The van der Waals surface area contributed by atoms with Gasteiger partial charge in [-0.25, -0.2) is 4.99 Å². The summed E-state index contributed by atoms with van der Waals surface area (Å²) in [5, 5.41) is 6.71. The molecule has 1 aliphatic rings. The molecule has 22 heavy (non-hydrogen) atoms. The van der Waals surface area contributed by atoms with E-state index in [4.69, 9.17) is 4.74 Å². The number of morpholine rings is 1. The van der Waals surface area contributed by atoms with Gasteiger partial charge in [0.15, 0.2) is 5.96 Å². The highest BCUT2D eigenvalue weighted by molar-refractivity contribution is 5.79. The number of nitrogens with zero attached hydrogens (tertiary/aromatic N) is 2. The predicted octanol–water partition coefficient (Wildman–Crippen LogP) is 1.46. The Kier molecular flexibility index (Phi) is 7.77. The van der Waals surface area contributed by atoms with Crippen molar-refractivity contribution in [3.05, 3.63) is 35.9 Å². The molecule has 0 radical (unpaired) electrons. The lowest BCUT2D eigenvalue weighted by molar-refractivity contribution is 0.0376. The Morgan fingerprint density at radius 1 is 1.18 bits per heavy atom. The first kappa shape index (κ1) is 16.8. The third-order valence-electron chi connectivity index (χ3n) is 3.65. The van der Waals surface area contributed by atoms with E-state index in [1.54, 1.807) is 0 Å². The number of hydrogen-bond acceptors (Lipinski definition) is 3. The van der Waals surface area contributed by atoms with E-state index >= 15 is 0 Å². The van der Waals surface area contributed by atoms with Crippen LogP contribution in [0.1, 0.15) is 18.9 Å². The molecule has 0 aromatic heterocycles. The number of nitrogens with one attached hydrogen (secondary N) is 2. The highest BCUT2D eigenvalue weighted by Gasteiger charge is 2.09. The Hall–Kier alpha value is -1.59. The fourth-order valence-electron chi connectivity index (χ4n) is 2.43. The molecule has 5 nitrogen and oxygen atoms in total. The van der Waals surface area contributed by atoms with Crippen LogP contribution >= 0.6 is 0 Å². The van der Waals surface area contributed by atoms with Crippen molar-refractivity contribution >= 4 is 5.96 Å². The zero-order valence-electron chi connectivity index (χ0n) is 13.6. The third-order valence-corrected chi connectivity index (χ3v) is 3.65. The van der Waals surface area contributed by atoms with Crippen molar-refractivity contribution in [2.45, 2.75) is 19.9 Å². The molecule has 0 aliphatic carbocycles. The Balaban J connectivity index is 1.69. The van der Waals surface area contributed by atoms with Crippen molar-refractivity contribution in [3.63, 3.8) is 0 Å². The lowest BCUT2D eigenvalue weighted by atomic mass is 10.2. The quantitative estimate of drug-likeness (QED) is 0.455. The van der Waals surface area contributed by atoms with Gasteiger partial charge in [0.1, 0.15) is 0 Å². The topological polar surface area (TPSA) is 48.9 Å². The molecule has 1 saturated heterocycles. The standard InChI is InChI=1S/C17H28N4O/c1-2-18-17(20-15-16-7-4-3-5-8-16)19-9-6-10-21-11-13-22-14-12-21/h3-5,7-8H,2,6,9-15H2,1H3,(H2,18,19,20). The maximum absolute atomic E-state index is 5.36. The summed E-state index contributed by atoms with van der Waals surface area (Å²) in [5.41, 5.74) is 1.23. The maximum Gasteiger partial charge on any atom is 0.191 e. The van der Waals surface area contributed by atoms with Gasteiger partial charge in [0.2, 0.25) is 0 Å². The van der Waals surface area contributed by atoms with E-state index in [1.807, 2.05) is 18.2 Å². The van der Waals surface area contributed by atoms with Crippen molar-refractivity contribution in [3.8, 4) is 0 Å². The van der Waals surface area contributed by atoms with E-state index in [2.05, 4.69) is 39.6 Å². The van der Waals surface area contributed by atoms with E-state index in [1.165, 1.54) is 5.56 Å². The molecule has 0 spiro atoms. The minimum absolute atomic E-state index is 0.708. The third kappa shape index (κ3) is 6.45. The number of hydrogen-bond donors (Lipinski definition) is 2. The van der Waals surface area contributed by atoms with Crippen LogP contribution in [0.5, 0.6) is 0 Å². The number of aliphatic imine (C=N–C) groups is 1. The molecule has 1 aromatic carbocycles. The molecule has 1 aromatic rings. The number of guanidine groups is 1. The number of benzene rings is 1. The molecule has 0 saturated carbocycles. The van der Waals surface area contributed by atoms with Crippen LogP contribution in [0.4, 0.5) is 0 Å². The summed E-state index contributed by atoms with van der Waals surface area (Å²) < 4.78 is 5.36. The van der Waals surface area contributed by atoms with Crippen LogP contribution < -0.4 is 10.6 Å². The predicted molar refractivity (Wildman–Crippen MR) is 91.1 cm³/mol. The van der Waals surface area contributed by atoms with Crippen LogP contribution in [-0.2, 0) is 11.3 Å². The van der Waals surface area contributed by atoms with E-state index in [0.717, 1.165) is 58.3 Å². The number of ether oxygens (including phenoxy) is 1. The Morgan fingerprint density at radius 3 is 2.68 bits per heavy atom. The van der Waals surface area contributed by atoms with Crippen molar-refractivity contribution < 1.29 is 4.74 Å². The van der Waals surface area contributed by atoms with Crippen LogP contribution in [0.3, 0.4) is 0 Å². The van der Waals surface area contributed by atoms with E-state index in [9.17, 15) is 0 Å². The fourth-order valence-corrected chi connectivity index (χ4v) is 2.43. The molecule has 122 valence electrons. The molecule has 2 N–H and O–H groups in total. The Bertz CT molecular complexity index is 430. The summed E-state index contributed by atoms with van der Waals surface area (Å²) in [4.78, 5) is 7.09. The van der Waals surface area contributed by atoms with Crippen LogP contribution in [0.2, 0.25) is 0 Å². The van der Waals surface area contributed by atoms with Gasteiger partial charge in [-0.1, -0.05) is 30.3 Å². The zero-order valence-corrected chi connectivity index (χ0v) is 13.6. The normalized spacial score (nSPS) is 16.5. The van der Waals surface area contributed by atoms with Crippen molar-refractivity contribution in [1.82, 2.24) is 15.5 Å². The lowest BCUT2D eigenvalue weighted by Gasteiger charge is -2.26. The molecule has 0 bridgehead atoms. The Labute approximate surface area is 133 Å². The van der Waals surface area contributed by atoms with Crippen molar-refractivity contribution in [2.24, 2.45) is 4.99 Å². The average Bonchev–Trinajstić information content (AvgIpc) is 2.58. The van der Waals surface area contributed by atoms with Gasteiger partial charge in [0, 0.05) is 26.2 Å². The zero-order chi connectivity index (χ0) is 15.5. The summed E-state index contributed by atoms with van der Waals surface area (Å²) in [6.45, 7) is 9.59. The minimum atomic E-state index is 0.708.